The van der Waals surface area contributed by atoms with Crippen LogP contribution in [0.2, 0.25) is 5.02 Å². The first-order chi connectivity index (χ1) is 6.02. The normalized spacial score (nSPS) is 12.6. The molecule has 1 nitrogen and oxygen atoms in total. The van der Waals surface area contributed by atoms with Gasteiger partial charge in [0.2, 0.25) is 0 Å². The molecule has 0 saturated heterocycles. The van der Waals surface area contributed by atoms with Gasteiger partial charge in [-0.1, -0.05) is 33.6 Å². The Morgan fingerprint density at radius 1 is 1.62 bits per heavy atom. The lowest BCUT2D eigenvalue weighted by molar-refractivity contribution is -0.116. The largest absolute Gasteiger partial charge is 0.298 e. The van der Waals surface area contributed by atoms with E-state index in [1.54, 1.807) is 0 Å². The number of alkyl halides is 1. The highest BCUT2D eigenvalue weighted by Gasteiger charge is 2.13. The number of benzene rings is 1. The topological polar surface area (TPSA) is 17.1 Å². The molecule has 0 N–H and O–H groups in total. The molecule has 0 aliphatic rings. The Morgan fingerprint density at radius 2 is 2.23 bits per heavy atom. The molecule has 0 amide bonds. The molecule has 0 bridgehead atoms. The lowest BCUT2D eigenvalue weighted by atomic mass is 10.1. The third-order valence-electron chi connectivity index (χ3n) is 1.59. The van der Waals surface area contributed by atoms with Crippen LogP contribution in [0.5, 0.6) is 0 Å². The van der Waals surface area contributed by atoms with Gasteiger partial charge in [-0.15, -0.1) is 0 Å². The molecule has 1 atom stereocenters. The molecule has 4 heteroatoms. The quantitative estimate of drug-likeness (QED) is 0.748. The van der Waals surface area contributed by atoms with E-state index < -0.39 is 10.6 Å². The fourth-order valence-corrected chi connectivity index (χ4v) is 1.38. The molecule has 0 aliphatic carbocycles. The van der Waals surface area contributed by atoms with Gasteiger partial charge in [0.25, 0.3) is 0 Å². The van der Waals surface area contributed by atoms with E-state index in [0.29, 0.717) is 5.56 Å². The summed E-state index contributed by atoms with van der Waals surface area (Å²) in [5.74, 6) is -0.517. The van der Waals surface area contributed by atoms with Gasteiger partial charge in [0.15, 0.2) is 0 Å². The van der Waals surface area contributed by atoms with Gasteiger partial charge in [-0.2, -0.15) is 0 Å². The third kappa shape index (κ3) is 2.51. The van der Waals surface area contributed by atoms with Crippen LogP contribution in [0.3, 0.4) is 0 Å². The summed E-state index contributed by atoms with van der Waals surface area (Å²) >= 11 is 8.73. The summed E-state index contributed by atoms with van der Waals surface area (Å²) in [5.41, 5.74) is 0.666. The van der Waals surface area contributed by atoms with Crippen LogP contribution >= 0.6 is 27.5 Å². The SMILES string of the molecule is CC(=O)C(Br)c1ccc(F)c(Cl)c1. The van der Waals surface area contributed by atoms with Crippen molar-refractivity contribution in [3.05, 3.63) is 34.6 Å². The van der Waals surface area contributed by atoms with Gasteiger partial charge in [0, 0.05) is 0 Å². The number of halogens is 3. The lowest BCUT2D eigenvalue weighted by Gasteiger charge is -2.06. The average molecular weight is 266 g/mol. The highest BCUT2D eigenvalue weighted by atomic mass is 79.9. The Bertz CT molecular complexity index is 340. The Hall–Kier alpha value is -0.410. The standard InChI is InChI=1S/C9H7BrClFO/c1-5(13)9(10)6-2-3-8(12)7(11)4-6/h2-4,9H,1H3. The number of Topliss-reactive ketones (excluding diaryl/α,β-unsaturated/α-hetero) is 1. The molecule has 0 radical (unpaired) electrons. The smallest absolute Gasteiger partial charge is 0.147 e. The number of carbonyl (C=O) groups is 1. The molecule has 0 heterocycles. The Kier molecular flexibility index (Phi) is 3.45. The molecular weight excluding hydrogens is 258 g/mol. The van der Waals surface area contributed by atoms with Crippen molar-refractivity contribution in [2.24, 2.45) is 0 Å². The Balaban J connectivity index is 3.03. The minimum Gasteiger partial charge on any atom is -0.298 e. The van der Waals surface area contributed by atoms with E-state index >= 15 is 0 Å². The van der Waals surface area contributed by atoms with Crippen molar-refractivity contribution in [2.45, 2.75) is 11.8 Å². The highest BCUT2D eigenvalue weighted by Crippen LogP contribution is 2.27. The van der Waals surface area contributed by atoms with Crippen LogP contribution in [0.1, 0.15) is 17.3 Å². The van der Waals surface area contributed by atoms with Crippen LogP contribution < -0.4 is 0 Å². The number of ketones is 1. The molecule has 1 aromatic rings. The third-order valence-corrected chi connectivity index (χ3v) is 3.06. The zero-order valence-corrected chi connectivity index (χ0v) is 9.19. The monoisotopic (exact) mass is 264 g/mol. The van der Waals surface area contributed by atoms with Crippen LogP contribution in [0.15, 0.2) is 18.2 Å². The summed E-state index contributed by atoms with van der Waals surface area (Å²) in [6.07, 6.45) is 0. The van der Waals surface area contributed by atoms with E-state index in [-0.39, 0.29) is 10.8 Å². The molecule has 1 rings (SSSR count). The maximum atomic E-state index is 12.7. The molecule has 70 valence electrons. The molecular formula is C9H7BrClFO. The van der Waals surface area contributed by atoms with Gasteiger partial charge in [-0.3, -0.25) is 4.79 Å². The number of hydrogen-bond donors (Lipinski definition) is 0. The molecule has 1 aromatic carbocycles. The minimum absolute atomic E-state index is 0.0307. The molecule has 0 saturated carbocycles. The highest BCUT2D eigenvalue weighted by molar-refractivity contribution is 9.09. The maximum Gasteiger partial charge on any atom is 0.147 e. The van der Waals surface area contributed by atoms with Gasteiger partial charge < -0.3 is 0 Å². The second kappa shape index (κ2) is 4.20. The molecule has 13 heavy (non-hydrogen) atoms. The van der Waals surface area contributed by atoms with Crippen LogP contribution in [0, 0.1) is 5.82 Å². The van der Waals surface area contributed by atoms with E-state index in [4.69, 9.17) is 11.6 Å². The first-order valence-electron chi connectivity index (χ1n) is 3.62. The van der Waals surface area contributed by atoms with Crippen molar-refractivity contribution >= 4 is 33.3 Å². The second-order valence-electron chi connectivity index (χ2n) is 2.65. The number of carbonyl (C=O) groups excluding carboxylic acids is 1. The minimum atomic E-state index is -0.478. The number of hydrogen-bond acceptors (Lipinski definition) is 1. The summed E-state index contributed by atoms with van der Waals surface area (Å²) in [6, 6.07) is 4.22. The lowest BCUT2D eigenvalue weighted by Crippen LogP contribution is -2.00. The molecule has 0 spiro atoms. The van der Waals surface area contributed by atoms with Crippen LogP contribution in [0.25, 0.3) is 0 Å². The van der Waals surface area contributed by atoms with Crippen molar-refractivity contribution in [1.82, 2.24) is 0 Å². The van der Waals surface area contributed by atoms with Crippen LogP contribution in [0.4, 0.5) is 4.39 Å². The van der Waals surface area contributed by atoms with Crippen LogP contribution in [-0.2, 0) is 4.79 Å². The van der Waals surface area contributed by atoms with E-state index in [1.165, 1.54) is 25.1 Å². The fraction of sp³-hybridized carbons (Fsp3) is 0.222. The van der Waals surface area contributed by atoms with E-state index in [2.05, 4.69) is 15.9 Å². The summed E-state index contributed by atoms with van der Waals surface area (Å²) in [6.45, 7) is 1.46. The van der Waals surface area contributed by atoms with Gasteiger partial charge in [0.05, 0.1) is 9.85 Å². The van der Waals surface area contributed by atoms with E-state index in [9.17, 15) is 9.18 Å². The molecule has 1 unspecified atom stereocenters. The van der Waals surface area contributed by atoms with Crippen LogP contribution in [-0.4, -0.2) is 5.78 Å². The number of rotatable bonds is 2. The zero-order chi connectivity index (χ0) is 10.0. The summed E-state index contributed by atoms with van der Waals surface area (Å²) in [7, 11) is 0. The van der Waals surface area contributed by atoms with Crippen molar-refractivity contribution < 1.29 is 9.18 Å². The maximum absolute atomic E-state index is 12.7. The summed E-state index contributed by atoms with van der Waals surface area (Å²) in [4.78, 5) is 10.5. The predicted octanol–water partition coefficient (Wildman–Crippen LogP) is 3.50. The van der Waals surface area contributed by atoms with Gasteiger partial charge in [0.1, 0.15) is 11.6 Å². The summed E-state index contributed by atoms with van der Waals surface area (Å²) in [5, 5.41) is 0.0307. The van der Waals surface area contributed by atoms with Gasteiger partial charge in [-0.25, -0.2) is 4.39 Å². The van der Waals surface area contributed by atoms with Gasteiger partial charge >= 0.3 is 0 Å². The molecule has 0 aromatic heterocycles. The van der Waals surface area contributed by atoms with E-state index in [1.807, 2.05) is 0 Å². The predicted molar refractivity (Wildman–Crippen MR) is 53.8 cm³/mol. The Labute approximate surface area is 89.0 Å². The second-order valence-corrected chi connectivity index (χ2v) is 3.97. The summed E-state index contributed by atoms with van der Waals surface area (Å²) < 4.78 is 12.7. The van der Waals surface area contributed by atoms with Crippen molar-refractivity contribution in [1.29, 1.82) is 0 Å². The first kappa shape index (κ1) is 10.7. The Morgan fingerprint density at radius 3 is 2.69 bits per heavy atom. The van der Waals surface area contributed by atoms with Gasteiger partial charge in [-0.05, 0) is 24.6 Å². The van der Waals surface area contributed by atoms with Crippen molar-refractivity contribution in [3.8, 4) is 0 Å². The average Bonchev–Trinajstić information content (AvgIpc) is 2.08. The van der Waals surface area contributed by atoms with Crippen molar-refractivity contribution in [3.63, 3.8) is 0 Å². The first-order valence-corrected chi connectivity index (χ1v) is 4.91. The van der Waals surface area contributed by atoms with E-state index in [0.717, 1.165) is 0 Å². The molecule has 0 fully saturated rings. The fourth-order valence-electron chi connectivity index (χ4n) is 0.905. The molecule has 0 aliphatic heterocycles. The van der Waals surface area contributed by atoms with Crippen molar-refractivity contribution in [2.75, 3.05) is 0 Å². The zero-order valence-electron chi connectivity index (χ0n) is 6.85.